The number of imidazole rings is 1. The molecule has 1 aromatic rings. The van der Waals surface area contributed by atoms with Gasteiger partial charge in [-0.3, -0.25) is 14.4 Å². The number of hydrogen-bond donors (Lipinski definition) is 9. The molecule has 14 nitrogen and oxygen atoms in total. The van der Waals surface area contributed by atoms with Crippen LogP contribution >= 0.6 is 0 Å². The van der Waals surface area contributed by atoms with Gasteiger partial charge in [-0.1, -0.05) is 0 Å². The van der Waals surface area contributed by atoms with Crippen LogP contribution in [0.1, 0.15) is 38.8 Å². The first-order valence-corrected chi connectivity index (χ1v) is 10.9. The van der Waals surface area contributed by atoms with Gasteiger partial charge in [-0.15, -0.1) is 0 Å². The second-order valence-corrected chi connectivity index (χ2v) is 8.03. The van der Waals surface area contributed by atoms with Crippen LogP contribution < -0.4 is 27.4 Å². The Morgan fingerprint density at radius 1 is 1.00 bits per heavy atom. The Morgan fingerprint density at radius 3 is 2.03 bits per heavy atom. The van der Waals surface area contributed by atoms with Gasteiger partial charge in [-0.25, -0.2) is 9.78 Å². The molecule has 0 aromatic carbocycles. The minimum Gasteiger partial charge on any atom is -0.480 e. The van der Waals surface area contributed by atoms with Crippen LogP contribution in [0, 0.1) is 0 Å². The maximum absolute atomic E-state index is 12.7. The molecule has 14 heteroatoms. The Bertz CT molecular complexity index is 801. The van der Waals surface area contributed by atoms with Crippen molar-refractivity contribution in [2.24, 2.45) is 11.5 Å². The van der Waals surface area contributed by atoms with E-state index < -0.39 is 60.1 Å². The highest BCUT2D eigenvalue weighted by Gasteiger charge is 2.34. The molecule has 0 aliphatic carbocycles. The van der Waals surface area contributed by atoms with E-state index in [-0.39, 0.29) is 12.8 Å². The molecule has 0 radical (unpaired) electrons. The van der Waals surface area contributed by atoms with E-state index in [9.17, 15) is 34.5 Å². The van der Waals surface area contributed by atoms with Crippen LogP contribution in [0.4, 0.5) is 0 Å². The van der Waals surface area contributed by atoms with Gasteiger partial charge in [-0.05, 0) is 39.7 Å². The second-order valence-electron chi connectivity index (χ2n) is 8.03. The number of aliphatic hydroxyl groups excluding tert-OH is 2. The van der Waals surface area contributed by atoms with Crippen molar-refractivity contribution in [2.45, 2.75) is 75.9 Å². The lowest BCUT2D eigenvalue weighted by atomic mass is 10.1. The number of H-pyrrole nitrogens is 1. The largest absolute Gasteiger partial charge is 0.480 e. The third-order valence-corrected chi connectivity index (χ3v) is 5.02. The van der Waals surface area contributed by atoms with Crippen molar-refractivity contribution in [2.75, 3.05) is 6.54 Å². The van der Waals surface area contributed by atoms with Crippen molar-refractivity contribution in [3.05, 3.63) is 18.2 Å². The van der Waals surface area contributed by atoms with Gasteiger partial charge in [0.2, 0.25) is 17.7 Å². The van der Waals surface area contributed by atoms with Crippen molar-refractivity contribution in [1.82, 2.24) is 25.9 Å². The van der Waals surface area contributed by atoms with E-state index in [0.29, 0.717) is 25.1 Å². The predicted octanol–water partition coefficient (Wildman–Crippen LogP) is -3.29. The first-order valence-electron chi connectivity index (χ1n) is 10.9. The molecule has 0 bridgehead atoms. The second kappa shape index (κ2) is 14.2. The van der Waals surface area contributed by atoms with Crippen molar-refractivity contribution in [3.8, 4) is 0 Å². The quantitative estimate of drug-likeness (QED) is 0.112. The number of unbranched alkanes of at least 4 members (excludes halogenated alkanes) is 1. The average molecular weight is 486 g/mol. The highest BCUT2D eigenvalue weighted by Crippen LogP contribution is 2.05. The number of nitrogens with two attached hydrogens (primary N) is 2. The smallest absolute Gasteiger partial charge is 0.326 e. The molecule has 1 aromatic heterocycles. The number of nitrogens with zero attached hydrogens (tertiary/aromatic N) is 1. The van der Waals surface area contributed by atoms with Crippen LogP contribution in [-0.4, -0.2) is 91.9 Å². The fourth-order valence-corrected chi connectivity index (χ4v) is 3.05. The molecule has 34 heavy (non-hydrogen) atoms. The van der Waals surface area contributed by atoms with E-state index in [0.717, 1.165) is 0 Å². The summed E-state index contributed by atoms with van der Waals surface area (Å²) in [5.41, 5.74) is 11.8. The monoisotopic (exact) mass is 485 g/mol. The minimum atomic E-state index is -1.54. The SMILES string of the molecule is CC(O)C(NC(=O)C(N)Cc1cnc[nH]1)C(=O)NC(C(=O)NC(CCCCN)C(=O)O)C(C)O. The van der Waals surface area contributed by atoms with E-state index >= 15 is 0 Å². The first kappa shape index (κ1) is 29.0. The molecule has 0 saturated heterocycles. The summed E-state index contributed by atoms with van der Waals surface area (Å²) in [6.45, 7) is 2.84. The zero-order valence-corrected chi connectivity index (χ0v) is 19.2. The fourth-order valence-electron chi connectivity index (χ4n) is 3.05. The molecule has 192 valence electrons. The van der Waals surface area contributed by atoms with E-state index in [4.69, 9.17) is 11.5 Å². The molecular formula is C20H35N7O7. The van der Waals surface area contributed by atoms with E-state index in [1.54, 1.807) is 0 Å². The van der Waals surface area contributed by atoms with Crippen LogP contribution in [0.15, 0.2) is 12.5 Å². The Kier molecular flexibility index (Phi) is 12.1. The van der Waals surface area contributed by atoms with Crippen LogP contribution in [0.2, 0.25) is 0 Å². The van der Waals surface area contributed by atoms with E-state index in [1.165, 1.54) is 26.4 Å². The zero-order valence-electron chi connectivity index (χ0n) is 19.2. The lowest BCUT2D eigenvalue weighted by Gasteiger charge is -2.27. The van der Waals surface area contributed by atoms with Crippen LogP contribution in [-0.2, 0) is 25.6 Å². The zero-order chi connectivity index (χ0) is 25.8. The lowest BCUT2D eigenvalue weighted by Crippen LogP contribution is -2.62. The molecule has 3 amide bonds. The third-order valence-electron chi connectivity index (χ3n) is 5.02. The number of aliphatic carboxylic acids is 1. The molecule has 1 heterocycles. The Balaban J connectivity index is 2.83. The summed E-state index contributed by atoms with van der Waals surface area (Å²) in [5, 5.41) is 36.2. The number of aliphatic hydroxyl groups is 2. The topological polar surface area (TPSA) is 246 Å². The predicted molar refractivity (Wildman–Crippen MR) is 120 cm³/mol. The van der Waals surface area contributed by atoms with Crippen molar-refractivity contribution >= 4 is 23.7 Å². The number of aromatic nitrogens is 2. The van der Waals surface area contributed by atoms with Crippen molar-refractivity contribution in [3.63, 3.8) is 0 Å². The number of carboxylic acid groups (broad SMARTS) is 1. The average Bonchev–Trinajstić information content (AvgIpc) is 3.27. The summed E-state index contributed by atoms with van der Waals surface area (Å²) in [6.07, 6.45) is 1.35. The molecular weight excluding hydrogens is 450 g/mol. The maximum atomic E-state index is 12.7. The van der Waals surface area contributed by atoms with Crippen LogP contribution in [0.3, 0.4) is 0 Å². The number of amides is 3. The van der Waals surface area contributed by atoms with Gasteiger partial charge in [0.15, 0.2) is 0 Å². The molecule has 1 rings (SSSR count). The summed E-state index contributed by atoms with van der Waals surface area (Å²) >= 11 is 0. The fraction of sp³-hybridized carbons (Fsp3) is 0.650. The number of hydrogen-bond acceptors (Lipinski definition) is 9. The Labute approximate surface area is 196 Å². The summed E-state index contributed by atoms with van der Waals surface area (Å²) in [5.74, 6) is -3.91. The number of nitrogens with one attached hydrogen (secondary N) is 4. The molecule has 6 atom stereocenters. The summed E-state index contributed by atoms with van der Waals surface area (Å²) in [6, 6.07) is -5.34. The van der Waals surface area contributed by atoms with Gasteiger partial charge < -0.3 is 47.7 Å². The van der Waals surface area contributed by atoms with Gasteiger partial charge in [-0.2, -0.15) is 0 Å². The number of carbonyl (C=O) groups is 4. The first-order chi connectivity index (χ1) is 16.0. The number of aromatic amines is 1. The van der Waals surface area contributed by atoms with Gasteiger partial charge >= 0.3 is 5.97 Å². The van der Waals surface area contributed by atoms with Gasteiger partial charge in [0.1, 0.15) is 18.1 Å². The van der Waals surface area contributed by atoms with Gasteiger partial charge in [0.25, 0.3) is 0 Å². The molecule has 6 unspecified atom stereocenters. The van der Waals surface area contributed by atoms with Gasteiger partial charge in [0, 0.05) is 18.3 Å². The minimum absolute atomic E-state index is 0.0966. The molecule has 0 aliphatic rings. The van der Waals surface area contributed by atoms with E-state index in [2.05, 4.69) is 25.9 Å². The summed E-state index contributed by atoms with van der Waals surface area (Å²) in [7, 11) is 0. The molecule has 0 saturated carbocycles. The maximum Gasteiger partial charge on any atom is 0.326 e. The molecule has 0 aliphatic heterocycles. The van der Waals surface area contributed by atoms with Crippen molar-refractivity contribution < 1.29 is 34.5 Å². The van der Waals surface area contributed by atoms with Crippen LogP contribution in [0.25, 0.3) is 0 Å². The van der Waals surface area contributed by atoms with Crippen LogP contribution in [0.5, 0.6) is 0 Å². The molecule has 0 spiro atoms. The van der Waals surface area contributed by atoms with Gasteiger partial charge in [0.05, 0.1) is 24.6 Å². The normalized spacial score (nSPS) is 16.4. The summed E-state index contributed by atoms with van der Waals surface area (Å²) in [4.78, 5) is 55.8. The standard InChI is InChI=1S/C20H35N7O7/c1-10(28)15(18(31)25-14(20(33)34)5-3-4-6-21)27-19(32)16(11(2)29)26-17(30)13(22)7-12-8-23-9-24-12/h8-11,13-16,28-29H,3-7,21-22H2,1-2H3,(H,23,24)(H,25,31)(H,26,30)(H,27,32)(H,33,34). The number of carbonyl (C=O) groups excluding carboxylic acids is 3. The Morgan fingerprint density at radius 2 is 1.56 bits per heavy atom. The number of rotatable bonds is 15. The highest BCUT2D eigenvalue weighted by atomic mass is 16.4. The van der Waals surface area contributed by atoms with Crippen molar-refractivity contribution in [1.29, 1.82) is 0 Å². The number of carboxylic acids is 1. The molecule has 11 N–H and O–H groups in total. The highest BCUT2D eigenvalue weighted by molar-refractivity contribution is 5.94. The molecule has 0 fully saturated rings. The van der Waals surface area contributed by atoms with E-state index in [1.807, 2.05) is 0 Å². The third kappa shape index (κ3) is 9.43. The lowest BCUT2D eigenvalue weighted by molar-refractivity contribution is -0.143. The Hall–Kier alpha value is -3.07. The summed E-state index contributed by atoms with van der Waals surface area (Å²) < 4.78 is 0.